The van der Waals surface area contributed by atoms with Crippen molar-refractivity contribution < 1.29 is 14.4 Å². The zero-order valence-electron chi connectivity index (χ0n) is 16.6. The molecule has 154 valence electrons. The molecule has 0 aromatic heterocycles. The first-order valence-electron chi connectivity index (χ1n) is 10.7. The van der Waals surface area contributed by atoms with Gasteiger partial charge in [-0.05, 0) is 60.8 Å². The van der Waals surface area contributed by atoms with E-state index in [1.165, 1.54) is 19.3 Å². The van der Waals surface area contributed by atoms with Crippen molar-refractivity contribution in [3.8, 4) is 0 Å². The number of carbonyl (C=O) groups excluding carboxylic acids is 3. The van der Waals surface area contributed by atoms with Crippen LogP contribution in [0.4, 0.5) is 0 Å². The fraction of sp³-hybridized carbons (Fsp3) is 0.591. The molecule has 3 amide bonds. The summed E-state index contributed by atoms with van der Waals surface area (Å²) < 4.78 is 0. The quantitative estimate of drug-likeness (QED) is 0.646. The maximum absolute atomic E-state index is 12.9. The molecule has 1 aromatic carbocycles. The number of imide groups is 1. The standard InChI is InChI=1S/C22H28N4O3/c23-18-9-15(22(18)6-1-7-22)11-24-10-13-2-3-14-12-26(21(29)16(14)8-13)17-4-5-19(27)25-20(17)28/h2-3,8,15,17-18,24H,1,4-7,9-12,23H2,(H,25,27,28). The minimum atomic E-state index is -0.560. The maximum atomic E-state index is 12.9. The number of nitrogens with two attached hydrogens (primary N) is 1. The van der Waals surface area contributed by atoms with Gasteiger partial charge in [0.25, 0.3) is 5.91 Å². The molecule has 4 aliphatic rings. The molecule has 1 saturated heterocycles. The van der Waals surface area contributed by atoms with Crippen LogP contribution in [0, 0.1) is 11.3 Å². The molecule has 2 saturated carbocycles. The van der Waals surface area contributed by atoms with Crippen LogP contribution >= 0.6 is 0 Å². The molecular weight excluding hydrogens is 368 g/mol. The van der Waals surface area contributed by atoms with Gasteiger partial charge in [-0.2, -0.15) is 0 Å². The van der Waals surface area contributed by atoms with Crippen molar-refractivity contribution in [2.24, 2.45) is 17.1 Å². The predicted molar refractivity (Wildman–Crippen MR) is 107 cm³/mol. The third-order valence-electron chi connectivity index (χ3n) is 7.69. The summed E-state index contributed by atoms with van der Waals surface area (Å²) in [7, 11) is 0. The number of nitrogens with zero attached hydrogens (tertiary/aromatic N) is 1. The average molecular weight is 396 g/mol. The Morgan fingerprint density at radius 3 is 2.76 bits per heavy atom. The van der Waals surface area contributed by atoms with E-state index in [4.69, 9.17) is 5.73 Å². The lowest BCUT2D eigenvalue weighted by Gasteiger charge is -2.60. The Labute approximate surface area is 170 Å². The highest BCUT2D eigenvalue weighted by Gasteiger charge is 2.55. The van der Waals surface area contributed by atoms with Crippen LogP contribution in [0.15, 0.2) is 18.2 Å². The van der Waals surface area contributed by atoms with Crippen molar-refractivity contribution in [3.05, 3.63) is 34.9 Å². The van der Waals surface area contributed by atoms with E-state index in [1.54, 1.807) is 4.90 Å². The molecule has 2 heterocycles. The summed E-state index contributed by atoms with van der Waals surface area (Å²) in [5.74, 6) is -0.0761. The van der Waals surface area contributed by atoms with Gasteiger partial charge < -0.3 is 16.0 Å². The van der Waals surface area contributed by atoms with Crippen molar-refractivity contribution in [1.82, 2.24) is 15.5 Å². The molecule has 2 aliphatic carbocycles. The molecule has 3 unspecified atom stereocenters. The Bertz CT molecular complexity index is 879. The summed E-state index contributed by atoms with van der Waals surface area (Å²) in [6, 6.07) is 5.80. The number of rotatable bonds is 5. The topological polar surface area (TPSA) is 105 Å². The molecule has 29 heavy (non-hydrogen) atoms. The second-order valence-corrected chi connectivity index (χ2v) is 9.15. The second kappa shape index (κ2) is 6.92. The van der Waals surface area contributed by atoms with Crippen LogP contribution in [-0.4, -0.2) is 41.2 Å². The number of hydrogen-bond acceptors (Lipinski definition) is 5. The highest BCUT2D eigenvalue weighted by molar-refractivity contribution is 6.05. The minimum Gasteiger partial charge on any atom is -0.327 e. The summed E-state index contributed by atoms with van der Waals surface area (Å²) in [6.45, 7) is 2.12. The molecule has 7 heteroatoms. The lowest BCUT2D eigenvalue weighted by atomic mass is 9.47. The first kappa shape index (κ1) is 18.8. The maximum Gasteiger partial charge on any atom is 0.255 e. The van der Waals surface area contributed by atoms with Crippen LogP contribution in [0.25, 0.3) is 0 Å². The fourth-order valence-electron chi connectivity index (χ4n) is 5.67. The molecule has 1 aromatic rings. The largest absolute Gasteiger partial charge is 0.327 e. The van der Waals surface area contributed by atoms with Gasteiger partial charge in [0, 0.05) is 31.1 Å². The Kier molecular flexibility index (Phi) is 4.47. The van der Waals surface area contributed by atoms with Gasteiger partial charge in [0.15, 0.2) is 0 Å². The molecule has 3 atom stereocenters. The van der Waals surface area contributed by atoms with Gasteiger partial charge in [-0.25, -0.2) is 0 Å². The molecule has 3 fully saturated rings. The SMILES string of the molecule is NC1CC(CNCc2ccc3c(c2)C(=O)N(C2CCC(=O)NC2=O)C3)C12CCC2. The Morgan fingerprint density at radius 1 is 1.24 bits per heavy atom. The molecular formula is C22H28N4O3. The third-order valence-corrected chi connectivity index (χ3v) is 7.69. The molecule has 1 spiro atoms. The summed E-state index contributed by atoms with van der Waals surface area (Å²) in [4.78, 5) is 38.0. The molecule has 0 bridgehead atoms. The number of fused-ring (bicyclic) bond motifs is 1. The minimum absolute atomic E-state index is 0.116. The first-order chi connectivity index (χ1) is 14.0. The van der Waals surface area contributed by atoms with E-state index in [2.05, 4.69) is 16.7 Å². The van der Waals surface area contributed by atoms with Crippen molar-refractivity contribution in [2.75, 3.05) is 6.54 Å². The zero-order valence-corrected chi connectivity index (χ0v) is 16.6. The van der Waals surface area contributed by atoms with E-state index < -0.39 is 6.04 Å². The lowest BCUT2D eigenvalue weighted by molar-refractivity contribution is -0.136. The van der Waals surface area contributed by atoms with E-state index in [0.717, 1.165) is 30.6 Å². The van der Waals surface area contributed by atoms with Crippen LogP contribution < -0.4 is 16.4 Å². The molecule has 0 radical (unpaired) electrons. The average Bonchev–Trinajstić information content (AvgIpc) is 2.96. The van der Waals surface area contributed by atoms with Gasteiger partial charge in [-0.15, -0.1) is 0 Å². The summed E-state index contributed by atoms with van der Waals surface area (Å²) in [6.07, 6.45) is 5.62. The van der Waals surface area contributed by atoms with Gasteiger partial charge >= 0.3 is 0 Å². The summed E-state index contributed by atoms with van der Waals surface area (Å²) in [5.41, 5.74) is 9.34. The highest BCUT2D eigenvalue weighted by Crippen LogP contribution is 2.58. The number of amides is 3. The van der Waals surface area contributed by atoms with Gasteiger partial charge in [0.2, 0.25) is 11.8 Å². The molecule has 2 aliphatic heterocycles. The van der Waals surface area contributed by atoms with Crippen molar-refractivity contribution in [3.63, 3.8) is 0 Å². The number of nitrogens with one attached hydrogen (secondary N) is 2. The van der Waals surface area contributed by atoms with Crippen molar-refractivity contribution in [1.29, 1.82) is 0 Å². The van der Waals surface area contributed by atoms with Gasteiger partial charge in [-0.3, -0.25) is 19.7 Å². The number of hydrogen-bond donors (Lipinski definition) is 3. The Balaban J connectivity index is 1.20. The normalized spacial score (nSPS) is 30.0. The van der Waals surface area contributed by atoms with Gasteiger partial charge in [0.05, 0.1) is 0 Å². The van der Waals surface area contributed by atoms with Crippen LogP contribution in [0.2, 0.25) is 0 Å². The monoisotopic (exact) mass is 396 g/mol. The Morgan fingerprint density at radius 2 is 2.07 bits per heavy atom. The smallest absolute Gasteiger partial charge is 0.255 e. The fourth-order valence-corrected chi connectivity index (χ4v) is 5.67. The first-order valence-corrected chi connectivity index (χ1v) is 10.7. The van der Waals surface area contributed by atoms with E-state index in [-0.39, 0.29) is 24.1 Å². The summed E-state index contributed by atoms with van der Waals surface area (Å²) in [5, 5.41) is 5.90. The van der Waals surface area contributed by atoms with Gasteiger partial charge in [0.1, 0.15) is 6.04 Å². The third kappa shape index (κ3) is 2.99. The van der Waals surface area contributed by atoms with E-state index in [9.17, 15) is 14.4 Å². The lowest BCUT2D eigenvalue weighted by Crippen LogP contribution is -2.63. The molecule has 5 rings (SSSR count). The number of carbonyl (C=O) groups is 3. The number of benzene rings is 1. The van der Waals surface area contributed by atoms with Crippen LogP contribution in [0.1, 0.15) is 60.0 Å². The number of piperidine rings is 1. The van der Waals surface area contributed by atoms with Crippen molar-refractivity contribution >= 4 is 17.7 Å². The van der Waals surface area contributed by atoms with Crippen LogP contribution in [0.3, 0.4) is 0 Å². The summed E-state index contributed by atoms with van der Waals surface area (Å²) >= 11 is 0. The van der Waals surface area contributed by atoms with Crippen LogP contribution in [-0.2, 0) is 22.7 Å². The van der Waals surface area contributed by atoms with Crippen molar-refractivity contribution in [2.45, 2.75) is 63.7 Å². The van der Waals surface area contributed by atoms with Crippen LogP contribution in [0.5, 0.6) is 0 Å². The van der Waals surface area contributed by atoms with E-state index >= 15 is 0 Å². The Hall–Kier alpha value is -2.25. The molecule has 4 N–H and O–H groups in total. The van der Waals surface area contributed by atoms with E-state index in [0.29, 0.717) is 35.9 Å². The predicted octanol–water partition coefficient (Wildman–Crippen LogP) is 1.05. The van der Waals surface area contributed by atoms with E-state index in [1.807, 2.05) is 12.1 Å². The molecule has 7 nitrogen and oxygen atoms in total. The second-order valence-electron chi connectivity index (χ2n) is 9.15. The van der Waals surface area contributed by atoms with Gasteiger partial charge in [-0.1, -0.05) is 18.6 Å². The highest BCUT2D eigenvalue weighted by atomic mass is 16.2. The zero-order chi connectivity index (χ0) is 20.2.